The third-order valence-electron chi connectivity index (χ3n) is 2.43. The highest BCUT2D eigenvalue weighted by Gasteiger charge is 2.14. The third kappa shape index (κ3) is 2.91. The Hall–Kier alpha value is -2.24. The van der Waals surface area contributed by atoms with Crippen LogP contribution in [0.4, 0.5) is 0 Å². The number of ether oxygens (including phenoxy) is 2. The Kier molecular flexibility index (Phi) is 3.66. The van der Waals surface area contributed by atoms with Crippen LogP contribution in [0.25, 0.3) is 0 Å². The second-order valence-corrected chi connectivity index (χ2v) is 3.76. The topological polar surface area (TPSA) is 84.9 Å². The minimum Gasteiger partial charge on any atom is -0.486 e. The van der Waals surface area contributed by atoms with Gasteiger partial charge in [-0.05, 0) is 18.2 Å². The van der Waals surface area contributed by atoms with Crippen molar-refractivity contribution in [1.29, 1.82) is 0 Å². The van der Waals surface area contributed by atoms with Gasteiger partial charge in [0.15, 0.2) is 11.5 Å². The lowest BCUT2D eigenvalue weighted by molar-refractivity contribution is -0.136. The van der Waals surface area contributed by atoms with Crippen molar-refractivity contribution >= 4 is 11.9 Å². The first-order chi connectivity index (χ1) is 8.66. The van der Waals surface area contributed by atoms with Gasteiger partial charge in [-0.25, -0.2) is 0 Å². The molecule has 0 atom stereocenters. The number of nitrogens with one attached hydrogen (secondary N) is 1. The van der Waals surface area contributed by atoms with Crippen molar-refractivity contribution < 1.29 is 24.2 Å². The van der Waals surface area contributed by atoms with E-state index in [1.807, 2.05) is 0 Å². The van der Waals surface area contributed by atoms with Gasteiger partial charge in [0.25, 0.3) is 5.91 Å². The number of rotatable bonds is 4. The minimum absolute atomic E-state index is 0.0998. The zero-order chi connectivity index (χ0) is 13.0. The average molecular weight is 251 g/mol. The van der Waals surface area contributed by atoms with Gasteiger partial charge in [0.2, 0.25) is 0 Å². The first-order valence-corrected chi connectivity index (χ1v) is 5.56. The van der Waals surface area contributed by atoms with Crippen LogP contribution in [0.1, 0.15) is 16.8 Å². The maximum atomic E-state index is 11.7. The molecular weight excluding hydrogens is 238 g/mol. The van der Waals surface area contributed by atoms with Crippen LogP contribution in [-0.2, 0) is 4.79 Å². The fourth-order valence-corrected chi connectivity index (χ4v) is 1.57. The Balaban J connectivity index is 2.00. The van der Waals surface area contributed by atoms with Crippen molar-refractivity contribution in [3.63, 3.8) is 0 Å². The van der Waals surface area contributed by atoms with Gasteiger partial charge in [0, 0.05) is 12.1 Å². The van der Waals surface area contributed by atoms with E-state index in [0.717, 1.165) is 0 Å². The standard InChI is InChI=1S/C12H13NO5/c14-11(15)3-4-13-12(16)8-1-2-9-10(7-8)18-6-5-17-9/h1-2,7H,3-6H2,(H,13,16)(H,14,15). The average Bonchev–Trinajstić information content (AvgIpc) is 2.37. The van der Waals surface area contributed by atoms with Gasteiger partial charge in [-0.2, -0.15) is 0 Å². The first-order valence-electron chi connectivity index (χ1n) is 5.56. The number of carbonyl (C=O) groups is 2. The lowest BCUT2D eigenvalue weighted by atomic mass is 10.2. The highest BCUT2D eigenvalue weighted by molar-refractivity contribution is 5.95. The van der Waals surface area contributed by atoms with Gasteiger partial charge in [0.1, 0.15) is 13.2 Å². The van der Waals surface area contributed by atoms with Gasteiger partial charge in [-0.15, -0.1) is 0 Å². The lowest BCUT2D eigenvalue weighted by Crippen LogP contribution is -2.26. The van der Waals surface area contributed by atoms with Crippen LogP contribution in [0.5, 0.6) is 11.5 Å². The van der Waals surface area contributed by atoms with Crippen molar-refractivity contribution in [3.05, 3.63) is 23.8 Å². The van der Waals surface area contributed by atoms with E-state index in [0.29, 0.717) is 30.3 Å². The highest BCUT2D eigenvalue weighted by atomic mass is 16.6. The Morgan fingerprint density at radius 3 is 2.67 bits per heavy atom. The number of carbonyl (C=O) groups excluding carboxylic acids is 1. The van der Waals surface area contributed by atoms with Gasteiger partial charge < -0.3 is 19.9 Å². The van der Waals surface area contributed by atoms with E-state index in [9.17, 15) is 9.59 Å². The Labute approximate surface area is 104 Å². The molecule has 0 saturated carbocycles. The van der Waals surface area contributed by atoms with Gasteiger partial charge >= 0.3 is 5.97 Å². The molecule has 0 radical (unpaired) electrons. The number of carboxylic acids is 1. The van der Waals surface area contributed by atoms with Crippen molar-refractivity contribution in [2.45, 2.75) is 6.42 Å². The van der Waals surface area contributed by atoms with E-state index in [4.69, 9.17) is 14.6 Å². The molecule has 1 heterocycles. The summed E-state index contributed by atoms with van der Waals surface area (Å²) in [5.74, 6) is -0.124. The summed E-state index contributed by atoms with van der Waals surface area (Å²) in [6.45, 7) is 1.05. The molecule has 0 unspecified atom stereocenters. The molecule has 6 nitrogen and oxygen atoms in total. The molecule has 1 aliphatic heterocycles. The largest absolute Gasteiger partial charge is 0.486 e. The van der Waals surface area contributed by atoms with Crippen LogP contribution in [0.3, 0.4) is 0 Å². The predicted octanol–water partition coefficient (Wildman–Crippen LogP) is 0.662. The van der Waals surface area contributed by atoms with Crippen molar-refractivity contribution in [3.8, 4) is 11.5 Å². The Morgan fingerprint density at radius 1 is 1.22 bits per heavy atom. The van der Waals surface area contributed by atoms with Crippen LogP contribution in [-0.4, -0.2) is 36.7 Å². The van der Waals surface area contributed by atoms with Crippen LogP contribution >= 0.6 is 0 Å². The maximum Gasteiger partial charge on any atom is 0.305 e. The summed E-state index contributed by atoms with van der Waals surface area (Å²) in [7, 11) is 0. The molecule has 2 rings (SSSR count). The minimum atomic E-state index is -0.947. The van der Waals surface area contributed by atoms with Gasteiger partial charge in [-0.3, -0.25) is 9.59 Å². The zero-order valence-electron chi connectivity index (χ0n) is 9.64. The molecule has 96 valence electrons. The van der Waals surface area contributed by atoms with E-state index < -0.39 is 5.97 Å². The number of aliphatic carboxylic acids is 1. The summed E-state index contributed by atoms with van der Waals surface area (Å²) in [5, 5.41) is 11.0. The van der Waals surface area contributed by atoms with E-state index in [-0.39, 0.29) is 18.9 Å². The van der Waals surface area contributed by atoms with Crippen LogP contribution in [0, 0.1) is 0 Å². The zero-order valence-corrected chi connectivity index (χ0v) is 9.64. The summed E-state index contributed by atoms with van der Waals surface area (Å²) in [6.07, 6.45) is -0.101. The summed E-state index contributed by atoms with van der Waals surface area (Å²) in [4.78, 5) is 22.0. The quantitative estimate of drug-likeness (QED) is 0.821. The molecule has 2 N–H and O–H groups in total. The summed E-state index contributed by atoms with van der Waals surface area (Å²) in [5.41, 5.74) is 0.421. The summed E-state index contributed by atoms with van der Waals surface area (Å²) < 4.78 is 10.7. The number of amides is 1. The van der Waals surface area contributed by atoms with E-state index in [1.165, 1.54) is 0 Å². The van der Waals surface area contributed by atoms with Crippen LogP contribution in [0.15, 0.2) is 18.2 Å². The van der Waals surface area contributed by atoms with Gasteiger partial charge in [-0.1, -0.05) is 0 Å². The molecule has 0 aromatic heterocycles. The molecule has 1 amide bonds. The van der Waals surface area contributed by atoms with Gasteiger partial charge in [0.05, 0.1) is 6.42 Å². The molecule has 0 spiro atoms. The molecule has 18 heavy (non-hydrogen) atoms. The number of hydrogen-bond donors (Lipinski definition) is 2. The first kappa shape index (κ1) is 12.2. The maximum absolute atomic E-state index is 11.7. The van der Waals surface area contributed by atoms with Crippen molar-refractivity contribution in [1.82, 2.24) is 5.32 Å². The van der Waals surface area contributed by atoms with E-state index in [1.54, 1.807) is 18.2 Å². The highest BCUT2D eigenvalue weighted by Crippen LogP contribution is 2.30. The molecule has 1 aromatic carbocycles. The van der Waals surface area contributed by atoms with Crippen molar-refractivity contribution in [2.75, 3.05) is 19.8 Å². The SMILES string of the molecule is O=C(O)CCNC(=O)c1ccc2c(c1)OCCO2. The predicted molar refractivity (Wildman–Crippen MR) is 62.0 cm³/mol. The molecule has 0 bridgehead atoms. The second kappa shape index (κ2) is 5.39. The fourth-order valence-electron chi connectivity index (χ4n) is 1.57. The molecule has 6 heteroatoms. The summed E-state index contributed by atoms with van der Waals surface area (Å²) >= 11 is 0. The number of benzene rings is 1. The second-order valence-electron chi connectivity index (χ2n) is 3.76. The monoisotopic (exact) mass is 251 g/mol. The fraction of sp³-hybridized carbons (Fsp3) is 0.333. The Bertz CT molecular complexity index is 472. The molecule has 1 aromatic rings. The molecule has 1 aliphatic rings. The molecule has 0 saturated heterocycles. The molecular formula is C12H13NO5. The Morgan fingerprint density at radius 2 is 1.94 bits per heavy atom. The molecule has 0 fully saturated rings. The molecule has 0 aliphatic carbocycles. The lowest BCUT2D eigenvalue weighted by Gasteiger charge is -2.18. The third-order valence-corrected chi connectivity index (χ3v) is 2.43. The van der Waals surface area contributed by atoms with E-state index >= 15 is 0 Å². The summed E-state index contributed by atoms with van der Waals surface area (Å²) in [6, 6.07) is 4.87. The van der Waals surface area contributed by atoms with Crippen LogP contribution < -0.4 is 14.8 Å². The van der Waals surface area contributed by atoms with E-state index in [2.05, 4.69) is 5.32 Å². The number of hydrogen-bond acceptors (Lipinski definition) is 4. The van der Waals surface area contributed by atoms with Crippen molar-refractivity contribution in [2.24, 2.45) is 0 Å². The number of carboxylic acid groups (broad SMARTS) is 1. The smallest absolute Gasteiger partial charge is 0.305 e. The normalized spacial score (nSPS) is 12.9. The van der Waals surface area contributed by atoms with Crippen LogP contribution in [0.2, 0.25) is 0 Å². The number of fused-ring (bicyclic) bond motifs is 1.